The van der Waals surface area contributed by atoms with E-state index in [4.69, 9.17) is 21.3 Å². The molecule has 0 radical (unpaired) electrons. The molecule has 0 bridgehead atoms. The molecule has 1 atom stereocenters. The highest BCUT2D eigenvalue weighted by Gasteiger charge is 2.23. The van der Waals surface area contributed by atoms with Crippen LogP contribution < -0.4 is 0 Å². The molecule has 30 heavy (non-hydrogen) atoms. The van der Waals surface area contributed by atoms with E-state index in [1.807, 2.05) is 21.1 Å². The molecule has 0 saturated heterocycles. The van der Waals surface area contributed by atoms with Crippen molar-refractivity contribution in [2.45, 2.75) is 12.5 Å². The molecule has 0 amide bonds. The van der Waals surface area contributed by atoms with Gasteiger partial charge < -0.3 is 9.59 Å². The molecule has 1 unspecified atom stereocenters. The smallest absolute Gasteiger partial charge is 0.306 e. The number of rotatable bonds is 6. The summed E-state index contributed by atoms with van der Waals surface area (Å²) in [6, 6.07) is 0. The van der Waals surface area contributed by atoms with Gasteiger partial charge in [0.15, 0.2) is 12.2 Å². The second-order valence-electron chi connectivity index (χ2n) is 5.99. The van der Waals surface area contributed by atoms with Crippen molar-refractivity contribution in [2.75, 3.05) is 27.7 Å². The van der Waals surface area contributed by atoms with Crippen molar-refractivity contribution >= 4 is 5.97 Å². The maximum absolute atomic E-state index is 10.8. The molecule has 5 heteroatoms. The van der Waals surface area contributed by atoms with Gasteiger partial charge in [0.25, 0.3) is 0 Å². The molecule has 0 aromatic rings. The van der Waals surface area contributed by atoms with Crippen LogP contribution in [0.15, 0.2) is 0 Å². The summed E-state index contributed by atoms with van der Waals surface area (Å²) in [5, 5.41) is 8.88. The molecule has 0 saturated carbocycles. The average molecular weight is 394 g/mol. The lowest BCUT2D eigenvalue weighted by Crippen LogP contribution is -2.43. The zero-order valence-corrected chi connectivity index (χ0v) is 16.7. The Kier molecular flexibility index (Phi) is 13.8. The number of carboxylic acids is 1. The lowest BCUT2D eigenvalue weighted by Gasteiger charge is -2.27. The van der Waals surface area contributed by atoms with Gasteiger partial charge in [0, 0.05) is 47.4 Å². The van der Waals surface area contributed by atoms with Gasteiger partial charge in [0.1, 0.15) is 6.54 Å². The second-order valence-corrected chi connectivity index (χ2v) is 5.99. The zero-order valence-electron chi connectivity index (χ0n) is 16.7. The Morgan fingerprint density at radius 2 is 1.20 bits per heavy atom. The summed E-state index contributed by atoms with van der Waals surface area (Å²) in [5.41, 5.74) is 0. The Bertz CT molecular complexity index is 1170. The van der Waals surface area contributed by atoms with Crippen molar-refractivity contribution in [1.29, 1.82) is 0 Å². The molecule has 0 aromatic heterocycles. The molecule has 0 aromatic carbocycles. The first-order valence-electron chi connectivity index (χ1n) is 8.15. The number of carbonyl (C=O) groups is 1. The van der Waals surface area contributed by atoms with E-state index in [1.54, 1.807) is 0 Å². The molecule has 144 valence electrons. The van der Waals surface area contributed by atoms with Crippen molar-refractivity contribution in [3.63, 3.8) is 0 Å². The van der Waals surface area contributed by atoms with Crippen molar-refractivity contribution in [1.82, 2.24) is 0 Å². The van der Waals surface area contributed by atoms with Crippen LogP contribution in [-0.4, -0.2) is 49.4 Å². The summed E-state index contributed by atoms with van der Waals surface area (Å²) in [7, 11) is 5.72. The van der Waals surface area contributed by atoms with E-state index < -0.39 is 12.1 Å². The molecule has 1 N–H and O–H groups in total. The van der Waals surface area contributed by atoms with E-state index in [0.29, 0.717) is 11.0 Å². The van der Waals surface area contributed by atoms with E-state index in [-0.39, 0.29) is 6.42 Å². The van der Waals surface area contributed by atoms with Gasteiger partial charge in [-0.25, -0.2) is 0 Å². The lowest BCUT2D eigenvalue weighted by molar-refractivity contribution is -0.874. The summed E-state index contributed by atoms with van der Waals surface area (Å²) < 4.78 is 0.512. The fraction of sp³-hybridized carbons (Fsp3) is 0.240. The van der Waals surface area contributed by atoms with Gasteiger partial charge in [0.05, 0.1) is 27.6 Å². The average Bonchev–Trinajstić information content (AvgIpc) is 2.65. The van der Waals surface area contributed by atoms with E-state index in [0.717, 1.165) is 0 Å². The molecular formula is C25H16NO4+. The molecule has 0 heterocycles. The molecule has 0 rings (SSSR count). The fourth-order valence-electron chi connectivity index (χ4n) is 1.52. The molecule has 0 aliphatic rings. The highest BCUT2D eigenvalue weighted by atomic mass is 17.2. The van der Waals surface area contributed by atoms with Crippen LogP contribution in [-0.2, 0) is 14.6 Å². The summed E-state index contributed by atoms with van der Waals surface area (Å²) in [6.45, 7) is 0.437. The molecule has 5 nitrogen and oxygen atoms in total. The van der Waals surface area contributed by atoms with Crippen LogP contribution in [0.1, 0.15) is 6.42 Å². The molecule has 0 spiro atoms. The van der Waals surface area contributed by atoms with E-state index in [2.05, 4.69) is 101 Å². The minimum Gasteiger partial charge on any atom is -0.481 e. The normalized spacial score (nSPS) is 8.20. The van der Waals surface area contributed by atoms with Gasteiger partial charge in [-0.2, -0.15) is 4.89 Å². The van der Waals surface area contributed by atoms with Gasteiger partial charge >= 0.3 is 5.97 Å². The number of terminal acetylenes is 1. The predicted molar refractivity (Wildman–Crippen MR) is 112 cm³/mol. The summed E-state index contributed by atoms with van der Waals surface area (Å²) in [5.74, 6) is 37.6. The quantitative estimate of drug-likeness (QED) is 0.301. The number of aliphatic carboxylic acids is 1. The fourth-order valence-corrected chi connectivity index (χ4v) is 1.52. The van der Waals surface area contributed by atoms with Gasteiger partial charge in [-0.3, -0.25) is 9.68 Å². The van der Waals surface area contributed by atoms with Gasteiger partial charge in [-0.15, -0.1) is 6.42 Å². The first-order valence-corrected chi connectivity index (χ1v) is 8.15. The van der Waals surface area contributed by atoms with Crippen LogP contribution in [0.4, 0.5) is 0 Å². The largest absolute Gasteiger partial charge is 0.481 e. The predicted octanol–water partition coefficient (Wildman–Crippen LogP) is 0.102. The van der Waals surface area contributed by atoms with Crippen molar-refractivity contribution in [3.8, 4) is 107 Å². The Morgan fingerprint density at radius 1 is 0.800 bits per heavy atom. The Balaban J connectivity index is 4.47. The van der Waals surface area contributed by atoms with Crippen LogP contribution in [0, 0.1) is 107 Å². The standard InChI is InChI=1S/C25H15NO4/c1-5-6-7-8-9-10-11-12-13-14-15-16-17-18-19-20-21-29-30-24(22-25(27)28)23-26(2,3)4/h1,24H,22-23H2,2-4H3/p+1. The monoisotopic (exact) mass is 394 g/mol. The number of quaternary nitrogens is 1. The summed E-state index contributed by atoms with van der Waals surface area (Å²) >= 11 is 0. The third kappa shape index (κ3) is 19.6. The SMILES string of the molecule is C#CC#CC#CC#CC#CC#CC#CC#CC#COOC(CC(=O)O)C[N+](C)(C)C. The summed E-state index contributed by atoms with van der Waals surface area (Å²) in [6.07, 6.45) is 6.28. The first kappa shape index (κ1) is 25.2. The van der Waals surface area contributed by atoms with Crippen LogP contribution in [0.5, 0.6) is 0 Å². The number of carboxylic acid groups (broad SMARTS) is 1. The maximum Gasteiger partial charge on any atom is 0.306 e. The highest BCUT2D eigenvalue weighted by Crippen LogP contribution is 2.05. The van der Waals surface area contributed by atoms with Crippen molar-refractivity contribution in [2.24, 2.45) is 0 Å². The van der Waals surface area contributed by atoms with E-state index >= 15 is 0 Å². The first-order chi connectivity index (χ1) is 14.3. The van der Waals surface area contributed by atoms with Crippen molar-refractivity contribution < 1.29 is 24.2 Å². The maximum atomic E-state index is 10.8. The third-order valence-corrected chi connectivity index (χ3v) is 2.38. The van der Waals surface area contributed by atoms with Gasteiger partial charge in [-0.05, 0) is 47.4 Å². The summed E-state index contributed by atoms with van der Waals surface area (Å²) in [4.78, 5) is 20.5. The van der Waals surface area contributed by atoms with Gasteiger partial charge in [-0.1, -0.05) is 0 Å². The molecule has 0 aliphatic carbocycles. The van der Waals surface area contributed by atoms with Crippen molar-refractivity contribution in [3.05, 3.63) is 0 Å². The molecule has 0 fully saturated rings. The number of hydrogen-bond donors (Lipinski definition) is 1. The highest BCUT2D eigenvalue weighted by molar-refractivity contribution is 5.67. The van der Waals surface area contributed by atoms with Crippen LogP contribution in [0.25, 0.3) is 0 Å². The Labute approximate surface area is 178 Å². The second kappa shape index (κ2) is 16.4. The number of likely N-dealkylation sites (N-methyl/N-ethyl adjacent to an activating group) is 1. The third-order valence-electron chi connectivity index (χ3n) is 2.38. The van der Waals surface area contributed by atoms with E-state index in [1.165, 1.54) is 0 Å². The molecule has 0 aliphatic heterocycles. The minimum atomic E-state index is -0.988. The molecular weight excluding hydrogens is 378 g/mol. The topological polar surface area (TPSA) is 55.8 Å². The van der Waals surface area contributed by atoms with Crippen LogP contribution >= 0.6 is 0 Å². The van der Waals surface area contributed by atoms with Crippen LogP contribution in [0.2, 0.25) is 0 Å². The van der Waals surface area contributed by atoms with E-state index in [9.17, 15) is 4.79 Å². The lowest BCUT2D eigenvalue weighted by atomic mass is 10.2. The minimum absolute atomic E-state index is 0.198. The van der Waals surface area contributed by atoms with Gasteiger partial charge in [0.2, 0.25) is 0 Å². The number of hydrogen-bond acceptors (Lipinski definition) is 3. The van der Waals surface area contributed by atoms with Crippen LogP contribution in [0.3, 0.4) is 0 Å². The zero-order chi connectivity index (χ0) is 22.5. The Morgan fingerprint density at radius 3 is 1.57 bits per heavy atom. The number of nitrogens with zero attached hydrogens (tertiary/aromatic N) is 1. The Hall–Kier alpha value is -4.77.